The first-order valence-electron chi connectivity index (χ1n) is 4.81. The van der Waals surface area contributed by atoms with Crippen LogP contribution in [0, 0.1) is 5.92 Å². The van der Waals surface area contributed by atoms with Crippen LogP contribution >= 0.6 is 0 Å². The van der Waals surface area contributed by atoms with E-state index in [-0.39, 0.29) is 25.2 Å². The molecule has 0 bridgehead atoms. The molecule has 1 atom stereocenters. The molecule has 0 radical (unpaired) electrons. The maximum Gasteiger partial charge on any atom is 0.248 e. The Labute approximate surface area is 81.7 Å². The number of rotatable bonds is 3. The first-order valence-corrected chi connectivity index (χ1v) is 4.81. The zero-order valence-electron chi connectivity index (χ0n) is 8.45. The van der Waals surface area contributed by atoms with Crippen LogP contribution in [0.5, 0.6) is 0 Å². The first-order chi connectivity index (χ1) is 6.21. The Balaban J connectivity index is 2.44. The van der Waals surface area contributed by atoms with E-state index in [9.17, 15) is 18.0 Å². The van der Waals surface area contributed by atoms with Crippen molar-refractivity contribution in [2.75, 3.05) is 0 Å². The highest BCUT2D eigenvalue weighted by atomic mass is 19.3. The van der Waals surface area contributed by atoms with Crippen LogP contribution in [0.2, 0.25) is 0 Å². The molecule has 1 rings (SSSR count). The van der Waals surface area contributed by atoms with Crippen molar-refractivity contribution in [2.45, 2.75) is 51.1 Å². The van der Waals surface area contributed by atoms with Gasteiger partial charge in [-0.1, -0.05) is 0 Å². The number of hydrogen-bond donors (Lipinski definition) is 0. The molecule has 4 heteroatoms. The Morgan fingerprint density at radius 2 is 2.07 bits per heavy atom. The summed E-state index contributed by atoms with van der Waals surface area (Å²) >= 11 is 0. The Hall–Kier alpha value is -0.540. The molecule has 1 fully saturated rings. The summed E-state index contributed by atoms with van der Waals surface area (Å²) in [4.78, 5) is 11.2. The van der Waals surface area contributed by atoms with E-state index in [0.29, 0.717) is 6.42 Å². The SMILES string of the molecule is CC(C)(F)C(=O)CC1CCC(F)(F)C1. The number of alkyl halides is 3. The quantitative estimate of drug-likeness (QED) is 0.696. The van der Waals surface area contributed by atoms with Gasteiger partial charge >= 0.3 is 0 Å². The summed E-state index contributed by atoms with van der Waals surface area (Å²) in [5, 5.41) is 0. The minimum atomic E-state index is -2.65. The average Bonchev–Trinajstić information content (AvgIpc) is 2.28. The van der Waals surface area contributed by atoms with Gasteiger partial charge < -0.3 is 0 Å². The molecule has 0 aromatic carbocycles. The number of ketones is 1. The van der Waals surface area contributed by atoms with E-state index in [1.165, 1.54) is 13.8 Å². The molecule has 82 valence electrons. The second kappa shape index (κ2) is 3.55. The van der Waals surface area contributed by atoms with Crippen molar-refractivity contribution < 1.29 is 18.0 Å². The smallest absolute Gasteiger partial charge is 0.248 e. The van der Waals surface area contributed by atoms with Gasteiger partial charge in [-0.3, -0.25) is 4.79 Å². The van der Waals surface area contributed by atoms with Gasteiger partial charge in [0.05, 0.1) is 0 Å². The molecule has 0 aliphatic heterocycles. The molecule has 0 heterocycles. The Morgan fingerprint density at radius 1 is 1.50 bits per heavy atom. The zero-order valence-corrected chi connectivity index (χ0v) is 8.45. The molecule has 1 nitrogen and oxygen atoms in total. The molecule has 0 aromatic heterocycles. The van der Waals surface area contributed by atoms with Crippen LogP contribution < -0.4 is 0 Å². The van der Waals surface area contributed by atoms with Crippen molar-refractivity contribution in [3.63, 3.8) is 0 Å². The molecule has 0 N–H and O–H groups in total. The summed E-state index contributed by atoms with van der Waals surface area (Å²) in [6.07, 6.45) is -0.166. The van der Waals surface area contributed by atoms with Crippen molar-refractivity contribution in [2.24, 2.45) is 5.92 Å². The number of carbonyl (C=O) groups excluding carboxylic acids is 1. The van der Waals surface area contributed by atoms with Gasteiger partial charge in [0.1, 0.15) is 0 Å². The maximum absolute atomic E-state index is 13.1. The van der Waals surface area contributed by atoms with Gasteiger partial charge in [0, 0.05) is 19.3 Å². The molecule has 1 aliphatic carbocycles. The van der Waals surface area contributed by atoms with Gasteiger partial charge in [0.25, 0.3) is 0 Å². The first kappa shape index (κ1) is 11.5. The molecule has 14 heavy (non-hydrogen) atoms. The Bertz CT molecular complexity index is 230. The van der Waals surface area contributed by atoms with Gasteiger partial charge in [-0.15, -0.1) is 0 Å². The summed E-state index contributed by atoms with van der Waals surface area (Å²) in [5.74, 6) is -3.56. The van der Waals surface area contributed by atoms with E-state index >= 15 is 0 Å². The van der Waals surface area contributed by atoms with Crippen LogP contribution in [0.15, 0.2) is 0 Å². The van der Waals surface area contributed by atoms with Crippen molar-refractivity contribution in [1.29, 1.82) is 0 Å². The standard InChI is InChI=1S/C10H15F3O/c1-9(2,11)8(14)5-7-3-4-10(12,13)6-7/h7H,3-6H2,1-2H3. The van der Waals surface area contributed by atoms with Crippen LogP contribution in [-0.2, 0) is 4.79 Å². The van der Waals surface area contributed by atoms with Crippen molar-refractivity contribution >= 4 is 5.78 Å². The minimum absolute atomic E-state index is 0.0565. The molecule has 0 aromatic rings. The van der Waals surface area contributed by atoms with Crippen LogP contribution in [0.25, 0.3) is 0 Å². The fraction of sp³-hybridized carbons (Fsp3) is 0.900. The molecule has 0 spiro atoms. The predicted molar refractivity (Wildman–Crippen MR) is 47.1 cm³/mol. The van der Waals surface area contributed by atoms with Gasteiger partial charge in [-0.05, 0) is 26.2 Å². The summed E-state index contributed by atoms with van der Waals surface area (Å²) < 4.78 is 38.6. The predicted octanol–water partition coefficient (Wildman–Crippen LogP) is 3.13. The fourth-order valence-corrected chi connectivity index (χ4v) is 1.72. The lowest BCUT2D eigenvalue weighted by Gasteiger charge is -2.15. The van der Waals surface area contributed by atoms with E-state index in [2.05, 4.69) is 0 Å². The summed E-state index contributed by atoms with van der Waals surface area (Å²) in [6, 6.07) is 0. The largest absolute Gasteiger partial charge is 0.296 e. The van der Waals surface area contributed by atoms with Gasteiger partial charge in [-0.25, -0.2) is 13.2 Å². The van der Waals surface area contributed by atoms with Crippen molar-refractivity contribution in [3.8, 4) is 0 Å². The molecule has 1 saturated carbocycles. The third kappa shape index (κ3) is 3.00. The summed E-state index contributed by atoms with van der Waals surface area (Å²) in [6.45, 7) is 2.34. The minimum Gasteiger partial charge on any atom is -0.296 e. The molecule has 1 unspecified atom stereocenters. The summed E-state index contributed by atoms with van der Waals surface area (Å²) in [5.41, 5.74) is -1.89. The lowest BCUT2D eigenvalue weighted by atomic mass is 9.93. The van der Waals surface area contributed by atoms with E-state index in [4.69, 9.17) is 0 Å². The topological polar surface area (TPSA) is 17.1 Å². The Kier molecular flexibility index (Phi) is 2.93. The average molecular weight is 208 g/mol. The highest BCUT2D eigenvalue weighted by Gasteiger charge is 2.41. The van der Waals surface area contributed by atoms with Gasteiger partial charge in [0.2, 0.25) is 5.92 Å². The summed E-state index contributed by atoms with van der Waals surface area (Å²) in [7, 11) is 0. The third-order valence-electron chi connectivity index (χ3n) is 2.64. The van der Waals surface area contributed by atoms with Crippen molar-refractivity contribution in [1.82, 2.24) is 0 Å². The fourth-order valence-electron chi connectivity index (χ4n) is 1.72. The lowest BCUT2D eigenvalue weighted by Crippen LogP contribution is -2.27. The maximum atomic E-state index is 13.1. The Morgan fingerprint density at radius 3 is 2.43 bits per heavy atom. The number of Topliss-reactive ketones (excluding diaryl/α,β-unsaturated/α-hetero) is 1. The molecule has 1 aliphatic rings. The zero-order chi connectivity index (χ0) is 11.0. The second-order valence-electron chi connectivity index (χ2n) is 4.56. The molecular formula is C10H15F3O. The van der Waals surface area contributed by atoms with Crippen LogP contribution in [0.3, 0.4) is 0 Å². The van der Waals surface area contributed by atoms with Crippen molar-refractivity contribution in [3.05, 3.63) is 0 Å². The van der Waals surface area contributed by atoms with Crippen LogP contribution in [0.1, 0.15) is 39.5 Å². The van der Waals surface area contributed by atoms with E-state index < -0.39 is 17.4 Å². The van der Waals surface area contributed by atoms with Gasteiger partial charge in [-0.2, -0.15) is 0 Å². The molecule has 0 saturated heterocycles. The lowest BCUT2D eigenvalue weighted by molar-refractivity contribution is -0.129. The van der Waals surface area contributed by atoms with Crippen LogP contribution in [-0.4, -0.2) is 17.4 Å². The highest BCUT2D eigenvalue weighted by molar-refractivity contribution is 5.86. The molecule has 0 amide bonds. The van der Waals surface area contributed by atoms with Gasteiger partial charge in [0.15, 0.2) is 11.5 Å². The molecular weight excluding hydrogens is 193 g/mol. The van der Waals surface area contributed by atoms with Crippen LogP contribution in [0.4, 0.5) is 13.2 Å². The highest BCUT2D eigenvalue weighted by Crippen LogP contribution is 2.40. The van der Waals surface area contributed by atoms with E-state index in [1.54, 1.807) is 0 Å². The van der Waals surface area contributed by atoms with E-state index in [0.717, 1.165) is 0 Å². The number of carbonyl (C=O) groups is 1. The van der Waals surface area contributed by atoms with E-state index in [1.807, 2.05) is 0 Å². The second-order valence-corrected chi connectivity index (χ2v) is 4.56. The third-order valence-corrected chi connectivity index (χ3v) is 2.64. The monoisotopic (exact) mass is 208 g/mol. The number of hydrogen-bond acceptors (Lipinski definition) is 1. The normalized spacial score (nSPS) is 26.5. The number of halogens is 3.